The van der Waals surface area contributed by atoms with E-state index in [0.717, 1.165) is 18.4 Å². The average Bonchev–Trinajstić information content (AvgIpc) is 2.51. The van der Waals surface area contributed by atoms with Crippen molar-refractivity contribution in [2.24, 2.45) is 5.73 Å². The number of benzene rings is 1. The molecular weight excluding hydrogens is 270 g/mol. The van der Waals surface area contributed by atoms with Crippen molar-refractivity contribution in [3.8, 4) is 0 Å². The zero-order chi connectivity index (χ0) is 15.5. The fourth-order valence-corrected chi connectivity index (χ4v) is 1.63. The second-order valence-corrected chi connectivity index (χ2v) is 4.81. The van der Waals surface area contributed by atoms with Gasteiger partial charge in [-0.25, -0.2) is 0 Å². The molecule has 0 aliphatic carbocycles. The standard InChI is InChI=1S/C16H23NO4/c1-2-3-11-20-16(19)14(17)9-10-15(18)21-12-13-7-5-4-6-8-13/h4-8,14H,2-3,9-12,17H2,1H3/t14-/m1/s1. The molecule has 0 aromatic heterocycles. The summed E-state index contributed by atoms with van der Waals surface area (Å²) in [7, 11) is 0. The van der Waals surface area contributed by atoms with E-state index in [4.69, 9.17) is 15.2 Å². The molecule has 5 nitrogen and oxygen atoms in total. The minimum atomic E-state index is -0.772. The predicted molar refractivity (Wildman–Crippen MR) is 79.3 cm³/mol. The highest BCUT2D eigenvalue weighted by atomic mass is 16.5. The van der Waals surface area contributed by atoms with Crippen molar-refractivity contribution in [1.82, 2.24) is 0 Å². The molecule has 0 saturated carbocycles. The van der Waals surface area contributed by atoms with Gasteiger partial charge < -0.3 is 15.2 Å². The van der Waals surface area contributed by atoms with Crippen LogP contribution in [0.3, 0.4) is 0 Å². The topological polar surface area (TPSA) is 78.6 Å². The first-order chi connectivity index (χ1) is 10.1. The number of ether oxygens (including phenoxy) is 2. The van der Waals surface area contributed by atoms with E-state index < -0.39 is 12.0 Å². The Balaban J connectivity index is 2.18. The van der Waals surface area contributed by atoms with Gasteiger partial charge in [0.1, 0.15) is 12.6 Å². The molecule has 1 atom stereocenters. The molecule has 0 aliphatic heterocycles. The molecule has 5 heteroatoms. The Morgan fingerprint density at radius 1 is 1.19 bits per heavy atom. The predicted octanol–water partition coefficient (Wildman–Crippen LogP) is 2.18. The quantitative estimate of drug-likeness (QED) is 0.557. The van der Waals surface area contributed by atoms with Crippen LogP contribution in [-0.4, -0.2) is 24.6 Å². The summed E-state index contributed by atoms with van der Waals surface area (Å²) in [4.78, 5) is 23.1. The average molecular weight is 293 g/mol. The molecule has 0 aliphatic rings. The second-order valence-electron chi connectivity index (χ2n) is 4.81. The molecule has 21 heavy (non-hydrogen) atoms. The number of esters is 2. The number of carbonyl (C=O) groups excluding carboxylic acids is 2. The Morgan fingerprint density at radius 2 is 1.90 bits per heavy atom. The fraction of sp³-hybridized carbons (Fsp3) is 0.500. The third-order valence-electron chi connectivity index (χ3n) is 2.95. The third-order valence-corrected chi connectivity index (χ3v) is 2.95. The smallest absolute Gasteiger partial charge is 0.322 e. The Hall–Kier alpha value is -1.88. The lowest BCUT2D eigenvalue weighted by atomic mass is 10.2. The number of unbranched alkanes of at least 4 members (excludes halogenated alkanes) is 1. The van der Waals surface area contributed by atoms with Crippen molar-refractivity contribution in [2.75, 3.05) is 6.61 Å². The molecule has 2 N–H and O–H groups in total. The van der Waals surface area contributed by atoms with Crippen molar-refractivity contribution in [3.63, 3.8) is 0 Å². The summed E-state index contributed by atoms with van der Waals surface area (Å²) in [6.07, 6.45) is 2.11. The van der Waals surface area contributed by atoms with Gasteiger partial charge in [0.25, 0.3) is 0 Å². The van der Waals surface area contributed by atoms with Crippen molar-refractivity contribution in [2.45, 2.75) is 45.3 Å². The van der Waals surface area contributed by atoms with Gasteiger partial charge in [0.05, 0.1) is 6.61 Å². The summed E-state index contributed by atoms with van der Waals surface area (Å²) in [5.41, 5.74) is 6.60. The number of nitrogens with two attached hydrogens (primary N) is 1. The molecule has 0 saturated heterocycles. The van der Waals surface area contributed by atoms with Crippen LogP contribution in [0.2, 0.25) is 0 Å². The SMILES string of the molecule is CCCCOC(=O)[C@H](N)CCC(=O)OCc1ccccc1. The summed E-state index contributed by atoms with van der Waals surface area (Å²) in [6.45, 7) is 2.62. The largest absolute Gasteiger partial charge is 0.465 e. The van der Waals surface area contributed by atoms with E-state index >= 15 is 0 Å². The monoisotopic (exact) mass is 293 g/mol. The zero-order valence-electron chi connectivity index (χ0n) is 12.4. The Labute approximate surface area is 125 Å². The van der Waals surface area contributed by atoms with Crippen LogP contribution in [-0.2, 0) is 25.7 Å². The van der Waals surface area contributed by atoms with Crippen molar-refractivity contribution < 1.29 is 19.1 Å². The molecule has 0 spiro atoms. The lowest BCUT2D eigenvalue weighted by molar-refractivity contribution is -0.147. The van der Waals surface area contributed by atoms with Crippen LogP contribution in [0, 0.1) is 0 Å². The molecule has 116 valence electrons. The summed E-state index contributed by atoms with van der Waals surface area (Å²) in [5, 5.41) is 0. The lowest BCUT2D eigenvalue weighted by Crippen LogP contribution is -2.33. The number of carbonyl (C=O) groups is 2. The maximum atomic E-state index is 11.6. The fourth-order valence-electron chi connectivity index (χ4n) is 1.63. The van der Waals surface area contributed by atoms with Crippen LogP contribution in [0.5, 0.6) is 0 Å². The molecule has 0 bridgehead atoms. The van der Waals surface area contributed by atoms with E-state index in [1.54, 1.807) is 0 Å². The molecule has 0 amide bonds. The van der Waals surface area contributed by atoms with Gasteiger partial charge in [0.2, 0.25) is 0 Å². The van der Waals surface area contributed by atoms with E-state index in [1.165, 1.54) is 0 Å². The summed E-state index contributed by atoms with van der Waals surface area (Å²) in [5.74, 6) is -0.824. The summed E-state index contributed by atoms with van der Waals surface area (Å²) in [6, 6.07) is 8.64. The van der Waals surface area contributed by atoms with Gasteiger partial charge in [0.15, 0.2) is 0 Å². The van der Waals surface area contributed by atoms with E-state index in [9.17, 15) is 9.59 Å². The van der Waals surface area contributed by atoms with Crippen LogP contribution < -0.4 is 5.73 Å². The highest BCUT2D eigenvalue weighted by Crippen LogP contribution is 2.04. The van der Waals surface area contributed by atoms with Gasteiger partial charge in [-0.15, -0.1) is 0 Å². The maximum absolute atomic E-state index is 11.6. The first-order valence-electron chi connectivity index (χ1n) is 7.25. The molecule has 1 aromatic rings. The Bertz CT molecular complexity index is 433. The van der Waals surface area contributed by atoms with Gasteiger partial charge in [-0.05, 0) is 18.4 Å². The number of hydrogen-bond acceptors (Lipinski definition) is 5. The molecule has 0 heterocycles. The molecule has 0 fully saturated rings. The van der Waals surface area contributed by atoms with E-state index in [2.05, 4.69) is 0 Å². The van der Waals surface area contributed by atoms with E-state index in [0.29, 0.717) is 6.61 Å². The normalized spacial score (nSPS) is 11.7. The van der Waals surface area contributed by atoms with Crippen LogP contribution >= 0.6 is 0 Å². The first kappa shape index (κ1) is 17.2. The molecule has 0 radical (unpaired) electrons. The van der Waals surface area contributed by atoms with Crippen molar-refractivity contribution in [1.29, 1.82) is 0 Å². The highest BCUT2D eigenvalue weighted by molar-refractivity contribution is 5.77. The summed E-state index contributed by atoms with van der Waals surface area (Å²) < 4.78 is 10.1. The first-order valence-corrected chi connectivity index (χ1v) is 7.25. The van der Waals surface area contributed by atoms with Crippen molar-refractivity contribution >= 4 is 11.9 Å². The maximum Gasteiger partial charge on any atom is 0.322 e. The highest BCUT2D eigenvalue weighted by Gasteiger charge is 2.16. The van der Waals surface area contributed by atoms with Crippen LogP contribution in [0.15, 0.2) is 30.3 Å². The molecule has 0 unspecified atom stereocenters. The third kappa shape index (κ3) is 7.46. The Morgan fingerprint density at radius 3 is 2.57 bits per heavy atom. The minimum Gasteiger partial charge on any atom is -0.465 e. The van der Waals surface area contributed by atoms with E-state index in [-0.39, 0.29) is 25.4 Å². The van der Waals surface area contributed by atoms with Crippen LogP contribution in [0.25, 0.3) is 0 Å². The van der Waals surface area contributed by atoms with Crippen molar-refractivity contribution in [3.05, 3.63) is 35.9 Å². The van der Waals surface area contributed by atoms with Crippen LogP contribution in [0.4, 0.5) is 0 Å². The van der Waals surface area contributed by atoms with Crippen LogP contribution in [0.1, 0.15) is 38.2 Å². The molecule has 1 rings (SSSR count). The van der Waals surface area contributed by atoms with Gasteiger partial charge in [-0.3, -0.25) is 9.59 Å². The number of rotatable bonds is 9. The molecule has 1 aromatic carbocycles. The lowest BCUT2D eigenvalue weighted by Gasteiger charge is -2.11. The van der Waals surface area contributed by atoms with E-state index in [1.807, 2.05) is 37.3 Å². The Kier molecular flexibility index (Phi) is 8.12. The minimum absolute atomic E-state index is 0.108. The molecular formula is C16H23NO4. The van der Waals surface area contributed by atoms with Gasteiger partial charge in [0, 0.05) is 6.42 Å². The van der Waals surface area contributed by atoms with Gasteiger partial charge in [-0.1, -0.05) is 43.7 Å². The summed E-state index contributed by atoms with van der Waals surface area (Å²) >= 11 is 0. The number of hydrogen-bond donors (Lipinski definition) is 1. The zero-order valence-corrected chi connectivity index (χ0v) is 12.4. The van der Waals surface area contributed by atoms with Gasteiger partial charge >= 0.3 is 11.9 Å². The van der Waals surface area contributed by atoms with Gasteiger partial charge in [-0.2, -0.15) is 0 Å². The second kappa shape index (κ2) is 9.94.